The van der Waals surface area contributed by atoms with Crippen LogP contribution in [-0.4, -0.2) is 50.0 Å². The zero-order valence-corrected chi connectivity index (χ0v) is 13.3. The molecule has 0 bridgehead atoms. The van der Waals surface area contributed by atoms with Crippen LogP contribution in [0.4, 0.5) is 0 Å². The van der Waals surface area contributed by atoms with Gasteiger partial charge in [-0.2, -0.15) is 0 Å². The monoisotopic (exact) mass is 305 g/mol. The molecule has 2 saturated heterocycles. The van der Waals surface area contributed by atoms with Crippen LogP contribution in [0.3, 0.4) is 0 Å². The molecule has 2 fully saturated rings. The van der Waals surface area contributed by atoms with Gasteiger partial charge in [-0.05, 0) is 24.1 Å². The fourth-order valence-electron chi connectivity index (χ4n) is 3.22. The van der Waals surface area contributed by atoms with Gasteiger partial charge in [-0.1, -0.05) is 12.1 Å². The first-order valence-corrected chi connectivity index (χ1v) is 7.81. The molecule has 2 aliphatic rings. The van der Waals surface area contributed by atoms with Crippen molar-refractivity contribution in [2.24, 2.45) is 0 Å². The van der Waals surface area contributed by atoms with Crippen molar-refractivity contribution < 1.29 is 19.0 Å². The van der Waals surface area contributed by atoms with Crippen molar-refractivity contribution in [1.82, 2.24) is 4.90 Å². The number of rotatable bonds is 3. The maximum absolute atomic E-state index is 12.4. The molecule has 22 heavy (non-hydrogen) atoms. The zero-order valence-electron chi connectivity index (χ0n) is 13.3. The molecule has 0 aliphatic carbocycles. The Morgan fingerprint density at radius 1 is 1.27 bits per heavy atom. The minimum absolute atomic E-state index is 0.164. The molecule has 1 amide bonds. The Kier molecular flexibility index (Phi) is 4.36. The summed E-state index contributed by atoms with van der Waals surface area (Å²) in [5, 5.41) is 0. The van der Waals surface area contributed by atoms with Crippen LogP contribution in [0.25, 0.3) is 0 Å². The highest BCUT2D eigenvalue weighted by molar-refractivity contribution is 5.79. The lowest BCUT2D eigenvalue weighted by Crippen LogP contribution is -2.47. The van der Waals surface area contributed by atoms with E-state index in [2.05, 4.69) is 0 Å². The minimum Gasteiger partial charge on any atom is -0.496 e. The molecule has 0 atom stereocenters. The van der Waals surface area contributed by atoms with E-state index in [0.29, 0.717) is 32.7 Å². The van der Waals surface area contributed by atoms with Crippen molar-refractivity contribution in [3.05, 3.63) is 29.3 Å². The van der Waals surface area contributed by atoms with Gasteiger partial charge in [0.05, 0.1) is 26.7 Å². The lowest BCUT2D eigenvalue weighted by atomic mass is 10.0. The number of hydrogen-bond donors (Lipinski definition) is 0. The molecule has 0 saturated carbocycles. The maximum atomic E-state index is 12.4. The van der Waals surface area contributed by atoms with Crippen molar-refractivity contribution >= 4 is 5.91 Å². The van der Waals surface area contributed by atoms with Gasteiger partial charge in [0.15, 0.2) is 5.79 Å². The highest BCUT2D eigenvalue weighted by Crippen LogP contribution is 2.31. The molecular formula is C17H23NO4. The van der Waals surface area contributed by atoms with E-state index in [1.54, 1.807) is 7.11 Å². The first kappa shape index (κ1) is 15.3. The number of amides is 1. The Labute approximate surface area is 131 Å². The highest BCUT2D eigenvalue weighted by atomic mass is 16.7. The number of ether oxygens (including phenoxy) is 3. The average molecular weight is 305 g/mol. The normalized spacial score (nSPS) is 20.4. The standard InChI is InChI=1S/C17H23NO4/c1-13-11-14(3-4-15(13)20-2)12-16(19)18-7-5-17(6-8-18)21-9-10-22-17/h3-4,11H,5-10,12H2,1-2H3. The minimum atomic E-state index is -0.423. The number of nitrogens with zero attached hydrogens (tertiary/aromatic N) is 1. The average Bonchev–Trinajstić information content (AvgIpc) is 2.96. The molecule has 2 aliphatic heterocycles. The van der Waals surface area contributed by atoms with Crippen LogP contribution < -0.4 is 4.74 Å². The van der Waals surface area contributed by atoms with E-state index in [4.69, 9.17) is 14.2 Å². The van der Waals surface area contributed by atoms with Gasteiger partial charge in [-0.3, -0.25) is 4.79 Å². The van der Waals surface area contributed by atoms with E-state index >= 15 is 0 Å². The third kappa shape index (κ3) is 3.10. The van der Waals surface area contributed by atoms with Crippen molar-refractivity contribution in [1.29, 1.82) is 0 Å². The molecule has 0 N–H and O–H groups in total. The van der Waals surface area contributed by atoms with E-state index in [-0.39, 0.29) is 5.91 Å². The van der Waals surface area contributed by atoms with E-state index in [1.165, 1.54) is 0 Å². The number of methoxy groups -OCH3 is 1. The Hall–Kier alpha value is -1.59. The van der Waals surface area contributed by atoms with Gasteiger partial charge in [0.2, 0.25) is 5.91 Å². The number of likely N-dealkylation sites (tertiary alicyclic amines) is 1. The molecular weight excluding hydrogens is 282 g/mol. The summed E-state index contributed by atoms with van der Waals surface area (Å²) in [5.41, 5.74) is 2.08. The second-order valence-electron chi connectivity index (χ2n) is 5.97. The SMILES string of the molecule is COc1ccc(CC(=O)N2CCC3(CC2)OCCO3)cc1C. The Morgan fingerprint density at radius 3 is 2.55 bits per heavy atom. The number of benzene rings is 1. The fourth-order valence-corrected chi connectivity index (χ4v) is 3.22. The molecule has 120 valence electrons. The third-order valence-electron chi connectivity index (χ3n) is 4.51. The number of aryl methyl sites for hydroxylation is 1. The Bertz CT molecular complexity index is 542. The Morgan fingerprint density at radius 2 is 1.95 bits per heavy atom. The summed E-state index contributed by atoms with van der Waals surface area (Å²) in [6.45, 7) is 4.73. The smallest absolute Gasteiger partial charge is 0.226 e. The molecule has 3 rings (SSSR count). The summed E-state index contributed by atoms with van der Waals surface area (Å²) < 4.78 is 16.6. The summed E-state index contributed by atoms with van der Waals surface area (Å²) in [7, 11) is 1.66. The van der Waals surface area contributed by atoms with Crippen LogP contribution in [0.2, 0.25) is 0 Å². The van der Waals surface area contributed by atoms with E-state index in [0.717, 1.165) is 29.7 Å². The van der Waals surface area contributed by atoms with E-state index in [9.17, 15) is 4.79 Å². The van der Waals surface area contributed by atoms with Crippen molar-refractivity contribution in [2.45, 2.75) is 32.0 Å². The van der Waals surface area contributed by atoms with Crippen molar-refractivity contribution in [2.75, 3.05) is 33.4 Å². The summed E-state index contributed by atoms with van der Waals surface area (Å²) >= 11 is 0. The predicted octanol–water partition coefficient (Wildman–Crippen LogP) is 1.91. The van der Waals surface area contributed by atoms with Crippen LogP contribution in [-0.2, 0) is 20.7 Å². The maximum Gasteiger partial charge on any atom is 0.226 e. The first-order chi connectivity index (χ1) is 10.6. The molecule has 5 heteroatoms. The van der Waals surface area contributed by atoms with Crippen LogP contribution in [0.1, 0.15) is 24.0 Å². The van der Waals surface area contributed by atoms with Crippen molar-refractivity contribution in [3.63, 3.8) is 0 Å². The lowest BCUT2D eigenvalue weighted by Gasteiger charge is -2.37. The Balaban J connectivity index is 1.57. The number of carbonyl (C=O) groups excluding carboxylic acids is 1. The predicted molar refractivity (Wildman–Crippen MR) is 81.9 cm³/mol. The van der Waals surface area contributed by atoms with Crippen LogP contribution >= 0.6 is 0 Å². The van der Waals surface area contributed by atoms with E-state index < -0.39 is 5.79 Å². The van der Waals surface area contributed by atoms with Gasteiger partial charge in [0.25, 0.3) is 0 Å². The fraction of sp³-hybridized carbons (Fsp3) is 0.588. The van der Waals surface area contributed by atoms with Crippen LogP contribution in [0.5, 0.6) is 5.75 Å². The van der Waals surface area contributed by atoms with Gasteiger partial charge in [-0.25, -0.2) is 0 Å². The van der Waals surface area contributed by atoms with Crippen LogP contribution in [0, 0.1) is 6.92 Å². The van der Waals surface area contributed by atoms with Crippen molar-refractivity contribution in [3.8, 4) is 5.75 Å². The molecule has 0 unspecified atom stereocenters. The van der Waals surface area contributed by atoms with Gasteiger partial charge < -0.3 is 19.1 Å². The largest absolute Gasteiger partial charge is 0.496 e. The van der Waals surface area contributed by atoms with E-state index in [1.807, 2.05) is 30.0 Å². The molecule has 1 spiro atoms. The van der Waals surface area contributed by atoms with Crippen LogP contribution in [0.15, 0.2) is 18.2 Å². The van der Waals surface area contributed by atoms with Gasteiger partial charge >= 0.3 is 0 Å². The second kappa shape index (κ2) is 6.26. The third-order valence-corrected chi connectivity index (χ3v) is 4.51. The zero-order chi connectivity index (χ0) is 15.6. The molecule has 1 aromatic carbocycles. The second-order valence-corrected chi connectivity index (χ2v) is 5.97. The summed E-state index contributed by atoms with van der Waals surface area (Å²) in [6, 6.07) is 5.90. The highest BCUT2D eigenvalue weighted by Gasteiger charge is 2.40. The van der Waals surface area contributed by atoms with Gasteiger partial charge in [0, 0.05) is 25.9 Å². The first-order valence-electron chi connectivity index (χ1n) is 7.81. The van der Waals surface area contributed by atoms with Gasteiger partial charge in [-0.15, -0.1) is 0 Å². The summed E-state index contributed by atoms with van der Waals surface area (Å²) in [4.78, 5) is 14.4. The molecule has 2 heterocycles. The molecule has 0 radical (unpaired) electrons. The number of hydrogen-bond acceptors (Lipinski definition) is 4. The topological polar surface area (TPSA) is 48.0 Å². The number of piperidine rings is 1. The molecule has 5 nitrogen and oxygen atoms in total. The summed E-state index contributed by atoms with van der Waals surface area (Å²) in [6.07, 6.45) is 1.96. The van der Waals surface area contributed by atoms with Gasteiger partial charge in [0.1, 0.15) is 5.75 Å². The summed E-state index contributed by atoms with van der Waals surface area (Å²) in [5.74, 6) is 0.595. The quantitative estimate of drug-likeness (QED) is 0.856. The lowest BCUT2D eigenvalue weighted by molar-refractivity contribution is -0.187. The molecule has 0 aromatic heterocycles. The molecule has 1 aromatic rings. The number of carbonyl (C=O) groups is 1.